The maximum absolute atomic E-state index is 12.8. The van der Waals surface area contributed by atoms with Crippen LogP contribution in [0.4, 0.5) is 4.79 Å². The van der Waals surface area contributed by atoms with Crippen molar-refractivity contribution in [2.75, 3.05) is 0 Å². The minimum absolute atomic E-state index is 0.120. The van der Waals surface area contributed by atoms with Crippen LogP contribution < -0.4 is 5.32 Å². The maximum atomic E-state index is 12.8. The summed E-state index contributed by atoms with van der Waals surface area (Å²) in [7, 11) is 0. The second-order valence-corrected chi connectivity index (χ2v) is 14.5. The molecule has 218 valence electrons. The van der Waals surface area contributed by atoms with Crippen molar-refractivity contribution in [3.63, 3.8) is 0 Å². The molecule has 0 unspecified atom stereocenters. The van der Waals surface area contributed by atoms with Crippen LogP contribution in [0.15, 0.2) is 59.4 Å². The highest BCUT2D eigenvalue weighted by Gasteiger charge is 2.53. The standard InChI is InChI=1S/C33H37N5O3S/c1-30(2,3)25-15-26-34-16-22-14-24(21-12-13-42-17-21)27(35-28(22)38(26)37-25)20-8-10-23(11-9-20)33(18-32(7,40)19-33)36-29(39)41-31(4,5)6/h8-17,40H,18-19H2,1-7H3,(H,36,39). The van der Waals surface area contributed by atoms with Crippen LogP contribution in [-0.4, -0.2) is 42.0 Å². The summed E-state index contributed by atoms with van der Waals surface area (Å²) in [5.74, 6) is 0. The number of benzene rings is 1. The number of alkyl carbamates (subject to hydrolysis) is 1. The van der Waals surface area contributed by atoms with Gasteiger partial charge in [-0.05, 0) is 61.7 Å². The molecular weight excluding hydrogens is 546 g/mol. The lowest BCUT2D eigenvalue weighted by molar-refractivity contribution is -0.0892. The molecular formula is C33H37N5O3S. The fraction of sp³-hybridized carbons (Fsp3) is 0.394. The fourth-order valence-electron chi connectivity index (χ4n) is 5.82. The van der Waals surface area contributed by atoms with E-state index in [0.29, 0.717) is 12.8 Å². The molecule has 4 aromatic heterocycles. The minimum atomic E-state index is -0.866. The third kappa shape index (κ3) is 5.27. The largest absolute Gasteiger partial charge is 0.444 e. The van der Waals surface area contributed by atoms with Gasteiger partial charge in [0.2, 0.25) is 0 Å². The number of rotatable bonds is 4. The molecule has 42 heavy (non-hydrogen) atoms. The fourth-order valence-corrected chi connectivity index (χ4v) is 6.48. The highest BCUT2D eigenvalue weighted by molar-refractivity contribution is 7.08. The van der Waals surface area contributed by atoms with Crippen LogP contribution in [0.3, 0.4) is 0 Å². The first-order valence-electron chi connectivity index (χ1n) is 14.2. The van der Waals surface area contributed by atoms with E-state index in [1.54, 1.807) is 18.3 Å². The number of aromatic nitrogens is 4. The van der Waals surface area contributed by atoms with E-state index in [-0.39, 0.29) is 5.41 Å². The number of ether oxygens (including phenoxy) is 1. The second kappa shape index (κ2) is 9.61. The normalized spacial score (nSPS) is 21.0. The van der Waals surface area contributed by atoms with Crippen LogP contribution in [0.5, 0.6) is 0 Å². The van der Waals surface area contributed by atoms with E-state index < -0.39 is 22.8 Å². The number of carbonyl (C=O) groups is 1. The molecule has 0 saturated heterocycles. The number of hydrogen-bond donors (Lipinski definition) is 2. The van der Waals surface area contributed by atoms with E-state index in [9.17, 15) is 9.90 Å². The monoisotopic (exact) mass is 583 g/mol. The van der Waals surface area contributed by atoms with Gasteiger partial charge in [-0.1, -0.05) is 45.0 Å². The summed E-state index contributed by atoms with van der Waals surface area (Å²) in [4.78, 5) is 22.6. The summed E-state index contributed by atoms with van der Waals surface area (Å²) < 4.78 is 7.39. The van der Waals surface area contributed by atoms with Gasteiger partial charge in [-0.25, -0.2) is 14.8 Å². The van der Waals surface area contributed by atoms with Crippen molar-refractivity contribution < 1.29 is 14.6 Å². The number of nitrogens with zero attached hydrogens (tertiary/aromatic N) is 4. The maximum Gasteiger partial charge on any atom is 0.408 e. The van der Waals surface area contributed by atoms with E-state index in [4.69, 9.17) is 14.8 Å². The summed E-state index contributed by atoms with van der Waals surface area (Å²) in [6, 6.07) is 14.3. The van der Waals surface area contributed by atoms with Gasteiger partial charge >= 0.3 is 6.09 Å². The lowest BCUT2D eigenvalue weighted by Crippen LogP contribution is -2.62. The molecule has 0 bridgehead atoms. The van der Waals surface area contributed by atoms with Crippen molar-refractivity contribution in [1.82, 2.24) is 24.9 Å². The van der Waals surface area contributed by atoms with Crippen molar-refractivity contribution in [3.8, 4) is 22.4 Å². The Morgan fingerprint density at radius 2 is 1.76 bits per heavy atom. The molecule has 1 aliphatic rings. The minimum Gasteiger partial charge on any atom is -0.444 e. The van der Waals surface area contributed by atoms with E-state index in [1.807, 2.05) is 61.8 Å². The van der Waals surface area contributed by atoms with Crippen LogP contribution in [0.2, 0.25) is 0 Å². The molecule has 1 amide bonds. The summed E-state index contributed by atoms with van der Waals surface area (Å²) in [6.07, 6.45) is 2.16. The number of pyridine rings is 1. The van der Waals surface area contributed by atoms with Crippen molar-refractivity contribution in [2.45, 2.75) is 83.5 Å². The van der Waals surface area contributed by atoms with Crippen molar-refractivity contribution in [2.24, 2.45) is 0 Å². The Labute approximate surface area is 249 Å². The number of thiophene rings is 1. The van der Waals surface area contributed by atoms with Crippen molar-refractivity contribution in [1.29, 1.82) is 0 Å². The molecule has 2 N–H and O–H groups in total. The molecule has 1 aromatic carbocycles. The lowest BCUT2D eigenvalue weighted by atomic mass is 9.62. The van der Waals surface area contributed by atoms with Gasteiger partial charge in [-0.2, -0.15) is 21.0 Å². The van der Waals surface area contributed by atoms with Crippen LogP contribution in [0.1, 0.15) is 72.6 Å². The van der Waals surface area contributed by atoms with Crippen molar-refractivity contribution in [3.05, 3.63) is 70.7 Å². The summed E-state index contributed by atoms with van der Waals surface area (Å²) in [6.45, 7) is 13.7. The molecule has 0 radical (unpaired) electrons. The Morgan fingerprint density at radius 1 is 1.05 bits per heavy atom. The molecule has 1 saturated carbocycles. The quantitative estimate of drug-likeness (QED) is 0.231. The molecule has 1 fully saturated rings. The Morgan fingerprint density at radius 3 is 2.36 bits per heavy atom. The Kier molecular flexibility index (Phi) is 6.47. The summed E-state index contributed by atoms with van der Waals surface area (Å²) in [5.41, 5.74) is 4.92. The first kappa shape index (κ1) is 28.3. The highest BCUT2D eigenvalue weighted by atomic mass is 32.1. The average Bonchev–Trinajstić information content (AvgIpc) is 3.56. The van der Waals surface area contributed by atoms with Gasteiger partial charge in [-0.3, -0.25) is 0 Å². The topological polar surface area (TPSA) is 102 Å². The molecule has 9 heteroatoms. The number of carbonyl (C=O) groups excluding carboxylic acids is 1. The average molecular weight is 584 g/mol. The number of aliphatic hydroxyl groups is 1. The van der Waals surface area contributed by atoms with Gasteiger partial charge in [0.25, 0.3) is 0 Å². The van der Waals surface area contributed by atoms with Gasteiger partial charge < -0.3 is 15.2 Å². The molecule has 5 aromatic rings. The lowest BCUT2D eigenvalue weighted by Gasteiger charge is -2.52. The molecule has 0 aliphatic heterocycles. The van der Waals surface area contributed by atoms with E-state index >= 15 is 0 Å². The first-order chi connectivity index (χ1) is 19.6. The zero-order chi connectivity index (χ0) is 30.1. The molecule has 1 aliphatic carbocycles. The Balaban J connectivity index is 1.44. The Bertz CT molecular complexity index is 1780. The number of fused-ring (bicyclic) bond motifs is 3. The van der Waals surface area contributed by atoms with Gasteiger partial charge in [-0.15, -0.1) is 0 Å². The van der Waals surface area contributed by atoms with Crippen molar-refractivity contribution >= 4 is 34.1 Å². The van der Waals surface area contributed by atoms with Crippen LogP contribution in [0.25, 0.3) is 39.1 Å². The second-order valence-electron chi connectivity index (χ2n) is 13.8. The van der Waals surface area contributed by atoms with Crippen LogP contribution in [0, 0.1) is 0 Å². The summed E-state index contributed by atoms with van der Waals surface area (Å²) in [5, 5.41) is 23.7. The number of hydrogen-bond acceptors (Lipinski definition) is 7. The van der Waals surface area contributed by atoms with Gasteiger partial charge in [0.1, 0.15) is 5.60 Å². The molecule has 0 atom stereocenters. The van der Waals surface area contributed by atoms with Gasteiger partial charge in [0.05, 0.1) is 22.5 Å². The third-order valence-electron chi connectivity index (χ3n) is 7.67. The van der Waals surface area contributed by atoms with E-state index in [0.717, 1.165) is 50.3 Å². The van der Waals surface area contributed by atoms with E-state index in [1.165, 1.54) is 0 Å². The smallest absolute Gasteiger partial charge is 0.408 e. The Hall–Kier alpha value is -3.82. The van der Waals surface area contributed by atoms with E-state index in [2.05, 4.69) is 54.0 Å². The predicted octanol–water partition coefficient (Wildman–Crippen LogP) is 7.24. The summed E-state index contributed by atoms with van der Waals surface area (Å²) >= 11 is 1.64. The zero-order valence-corrected chi connectivity index (χ0v) is 26.0. The predicted molar refractivity (Wildman–Crippen MR) is 167 cm³/mol. The highest BCUT2D eigenvalue weighted by Crippen LogP contribution is 2.49. The van der Waals surface area contributed by atoms with Crippen LogP contribution >= 0.6 is 11.3 Å². The van der Waals surface area contributed by atoms with Gasteiger partial charge in [0, 0.05) is 47.0 Å². The number of nitrogens with one attached hydrogen (secondary N) is 1. The molecule has 4 heterocycles. The third-order valence-corrected chi connectivity index (χ3v) is 8.36. The first-order valence-corrected chi connectivity index (χ1v) is 15.1. The molecule has 8 nitrogen and oxygen atoms in total. The van der Waals surface area contributed by atoms with Gasteiger partial charge in [0.15, 0.2) is 11.3 Å². The molecule has 0 spiro atoms. The number of amides is 1. The van der Waals surface area contributed by atoms with Crippen LogP contribution in [-0.2, 0) is 15.7 Å². The SMILES string of the molecule is CC1(O)CC(NC(=O)OC(C)(C)C)(c2ccc(-c3nc4c(cnc5cc(C(C)(C)C)nn54)cc3-c3ccsc3)cc2)C1. The zero-order valence-electron chi connectivity index (χ0n) is 25.1. The molecule has 6 rings (SSSR count).